The first kappa shape index (κ1) is 8.97. The van der Waals surface area contributed by atoms with Crippen LogP contribution in [0.1, 0.15) is 5.56 Å². The Bertz CT molecular complexity index is 375. The van der Waals surface area contributed by atoms with Gasteiger partial charge in [0.25, 0.3) is 0 Å². The largest absolute Gasteiger partial charge is 0.330 e. The fourth-order valence-electron chi connectivity index (χ4n) is 1.43. The molecule has 1 heterocycles. The van der Waals surface area contributed by atoms with Crippen LogP contribution in [0.3, 0.4) is 0 Å². The molecule has 0 aliphatic carbocycles. The predicted molar refractivity (Wildman–Crippen MR) is 56.8 cm³/mol. The molecule has 0 saturated carbocycles. The molecule has 3 nitrogen and oxygen atoms in total. The van der Waals surface area contributed by atoms with Gasteiger partial charge in [-0.25, -0.2) is 0 Å². The summed E-state index contributed by atoms with van der Waals surface area (Å²) < 4.78 is 0. The van der Waals surface area contributed by atoms with E-state index in [-0.39, 0.29) is 0 Å². The smallest absolute Gasteiger partial charge is 0.0650 e. The Hall–Kier alpha value is -1.61. The Morgan fingerprint density at radius 1 is 1.14 bits per heavy atom. The van der Waals surface area contributed by atoms with E-state index in [1.807, 2.05) is 6.07 Å². The minimum atomic E-state index is 0.698. The summed E-state index contributed by atoms with van der Waals surface area (Å²) in [6.45, 7) is 0.698. The number of aromatic nitrogens is 2. The van der Waals surface area contributed by atoms with E-state index < -0.39 is 0 Å². The van der Waals surface area contributed by atoms with Crippen molar-refractivity contribution in [3.63, 3.8) is 0 Å². The zero-order valence-corrected chi connectivity index (χ0v) is 7.90. The van der Waals surface area contributed by atoms with E-state index >= 15 is 0 Å². The Morgan fingerprint density at radius 3 is 2.50 bits per heavy atom. The highest BCUT2D eigenvalue weighted by molar-refractivity contribution is 5.58. The zero-order chi connectivity index (χ0) is 9.80. The van der Waals surface area contributed by atoms with Gasteiger partial charge in [-0.2, -0.15) is 5.10 Å². The average molecular weight is 187 g/mol. The van der Waals surface area contributed by atoms with Crippen molar-refractivity contribution >= 4 is 0 Å². The predicted octanol–water partition coefficient (Wildman–Crippen LogP) is 1.58. The molecule has 0 unspecified atom stereocenters. The third kappa shape index (κ3) is 1.83. The number of H-pyrrole nitrogens is 1. The molecule has 1 aromatic carbocycles. The van der Waals surface area contributed by atoms with Gasteiger partial charge in [0, 0.05) is 6.20 Å². The third-order valence-corrected chi connectivity index (χ3v) is 2.20. The summed E-state index contributed by atoms with van der Waals surface area (Å²) in [5.74, 6) is 0. The van der Waals surface area contributed by atoms with Crippen LogP contribution in [-0.2, 0) is 6.42 Å². The number of nitrogens with zero attached hydrogens (tertiary/aromatic N) is 1. The van der Waals surface area contributed by atoms with Crippen LogP contribution < -0.4 is 5.73 Å². The van der Waals surface area contributed by atoms with Crippen molar-refractivity contribution in [2.24, 2.45) is 5.73 Å². The van der Waals surface area contributed by atoms with E-state index in [9.17, 15) is 0 Å². The molecule has 1 aromatic heterocycles. The Morgan fingerprint density at radius 2 is 1.93 bits per heavy atom. The highest BCUT2D eigenvalue weighted by atomic mass is 15.1. The Labute approximate surface area is 83.0 Å². The fraction of sp³-hybridized carbons (Fsp3) is 0.182. The number of hydrogen-bond acceptors (Lipinski definition) is 2. The first-order valence-electron chi connectivity index (χ1n) is 4.69. The van der Waals surface area contributed by atoms with Crippen molar-refractivity contribution in [3.05, 3.63) is 42.1 Å². The summed E-state index contributed by atoms with van der Waals surface area (Å²) in [6, 6.07) is 10.3. The van der Waals surface area contributed by atoms with Gasteiger partial charge in [-0.3, -0.25) is 5.10 Å². The third-order valence-electron chi connectivity index (χ3n) is 2.20. The van der Waals surface area contributed by atoms with Crippen molar-refractivity contribution in [2.75, 3.05) is 6.54 Å². The van der Waals surface area contributed by atoms with E-state index in [0.717, 1.165) is 17.7 Å². The Kier molecular flexibility index (Phi) is 2.60. The van der Waals surface area contributed by atoms with Gasteiger partial charge in [0.05, 0.1) is 5.69 Å². The molecule has 0 fully saturated rings. The average Bonchev–Trinajstić information content (AvgIpc) is 2.72. The molecule has 0 radical (unpaired) electrons. The molecule has 0 spiro atoms. The van der Waals surface area contributed by atoms with Crippen molar-refractivity contribution in [2.45, 2.75) is 6.42 Å². The number of nitrogens with one attached hydrogen (secondary N) is 1. The molecule has 72 valence electrons. The van der Waals surface area contributed by atoms with E-state index in [0.29, 0.717) is 6.54 Å². The van der Waals surface area contributed by atoms with Crippen LogP contribution in [0.15, 0.2) is 36.5 Å². The van der Waals surface area contributed by atoms with Crippen molar-refractivity contribution in [3.8, 4) is 11.3 Å². The lowest BCUT2D eigenvalue weighted by atomic mass is 10.1. The number of aromatic amines is 1. The highest BCUT2D eigenvalue weighted by Gasteiger charge is 1.97. The summed E-state index contributed by atoms with van der Waals surface area (Å²) >= 11 is 0. The van der Waals surface area contributed by atoms with Gasteiger partial charge < -0.3 is 5.73 Å². The first-order valence-corrected chi connectivity index (χ1v) is 4.69. The molecule has 14 heavy (non-hydrogen) atoms. The number of nitrogens with two attached hydrogens (primary N) is 1. The SMILES string of the molecule is NCCc1ccc(-c2ccn[nH]2)cc1. The highest BCUT2D eigenvalue weighted by Crippen LogP contribution is 2.16. The van der Waals surface area contributed by atoms with Crippen molar-refractivity contribution in [1.29, 1.82) is 0 Å². The summed E-state index contributed by atoms with van der Waals surface area (Å²) in [5.41, 5.74) is 8.95. The molecule has 0 atom stereocenters. The second-order valence-corrected chi connectivity index (χ2v) is 3.21. The molecule has 2 rings (SSSR count). The molecule has 0 aliphatic heterocycles. The van der Waals surface area contributed by atoms with Crippen LogP contribution in [0, 0.1) is 0 Å². The van der Waals surface area contributed by atoms with Gasteiger partial charge >= 0.3 is 0 Å². The summed E-state index contributed by atoms with van der Waals surface area (Å²) in [6.07, 6.45) is 2.69. The van der Waals surface area contributed by atoms with Crippen LogP contribution in [0.5, 0.6) is 0 Å². The topological polar surface area (TPSA) is 54.7 Å². The first-order chi connectivity index (χ1) is 6.90. The minimum absolute atomic E-state index is 0.698. The quantitative estimate of drug-likeness (QED) is 0.766. The summed E-state index contributed by atoms with van der Waals surface area (Å²) in [5, 5.41) is 6.84. The molecular formula is C11H13N3. The van der Waals surface area contributed by atoms with Gasteiger partial charge in [-0.1, -0.05) is 24.3 Å². The number of benzene rings is 1. The maximum atomic E-state index is 5.48. The van der Waals surface area contributed by atoms with Gasteiger partial charge in [-0.15, -0.1) is 0 Å². The molecule has 0 aliphatic rings. The standard InChI is InChI=1S/C11H13N3/c12-7-5-9-1-3-10(4-2-9)11-6-8-13-14-11/h1-4,6,8H,5,7,12H2,(H,13,14). The molecule has 3 N–H and O–H groups in total. The molecule has 0 saturated heterocycles. The lowest BCUT2D eigenvalue weighted by Gasteiger charge is -2.00. The Balaban J connectivity index is 2.22. The van der Waals surface area contributed by atoms with E-state index in [2.05, 4.69) is 34.5 Å². The van der Waals surface area contributed by atoms with Gasteiger partial charge in [0.2, 0.25) is 0 Å². The monoisotopic (exact) mass is 187 g/mol. The summed E-state index contributed by atoms with van der Waals surface area (Å²) in [7, 11) is 0. The van der Waals surface area contributed by atoms with Crippen LogP contribution in [0.2, 0.25) is 0 Å². The maximum absolute atomic E-state index is 5.48. The number of rotatable bonds is 3. The van der Waals surface area contributed by atoms with Crippen LogP contribution in [0.4, 0.5) is 0 Å². The molecule has 2 aromatic rings. The van der Waals surface area contributed by atoms with Crippen molar-refractivity contribution in [1.82, 2.24) is 10.2 Å². The van der Waals surface area contributed by atoms with Crippen LogP contribution in [-0.4, -0.2) is 16.7 Å². The lowest BCUT2D eigenvalue weighted by molar-refractivity contribution is 0.969. The minimum Gasteiger partial charge on any atom is -0.330 e. The van der Waals surface area contributed by atoms with Crippen molar-refractivity contribution < 1.29 is 0 Å². The molecule has 0 amide bonds. The van der Waals surface area contributed by atoms with Crippen LogP contribution >= 0.6 is 0 Å². The van der Waals surface area contributed by atoms with E-state index in [4.69, 9.17) is 5.73 Å². The van der Waals surface area contributed by atoms with E-state index in [1.54, 1.807) is 6.20 Å². The number of hydrogen-bond donors (Lipinski definition) is 2. The molecule has 3 heteroatoms. The van der Waals surface area contributed by atoms with Gasteiger partial charge in [0.1, 0.15) is 0 Å². The second kappa shape index (κ2) is 4.07. The fourth-order valence-corrected chi connectivity index (χ4v) is 1.43. The van der Waals surface area contributed by atoms with Crippen LogP contribution in [0.25, 0.3) is 11.3 Å². The second-order valence-electron chi connectivity index (χ2n) is 3.21. The zero-order valence-electron chi connectivity index (χ0n) is 7.90. The molecule has 0 bridgehead atoms. The van der Waals surface area contributed by atoms with E-state index in [1.165, 1.54) is 5.56 Å². The normalized spacial score (nSPS) is 10.4. The summed E-state index contributed by atoms with van der Waals surface area (Å²) in [4.78, 5) is 0. The van der Waals surface area contributed by atoms with Gasteiger partial charge in [-0.05, 0) is 30.2 Å². The van der Waals surface area contributed by atoms with Gasteiger partial charge in [0.15, 0.2) is 0 Å². The maximum Gasteiger partial charge on any atom is 0.0650 e. The molecular weight excluding hydrogens is 174 g/mol. The lowest BCUT2D eigenvalue weighted by Crippen LogP contribution is -2.02.